The lowest BCUT2D eigenvalue weighted by molar-refractivity contribution is -0.134. The zero-order valence-electron chi connectivity index (χ0n) is 20.9. The minimum Gasteiger partial charge on any atom is -0.478 e. The first kappa shape index (κ1) is 27.7. The lowest BCUT2D eigenvalue weighted by atomic mass is 9.88. The van der Waals surface area contributed by atoms with Gasteiger partial charge in [0.2, 0.25) is 5.91 Å². The lowest BCUT2D eigenvalue weighted by Crippen LogP contribution is -2.47. The number of halogens is 1. The van der Waals surface area contributed by atoms with Gasteiger partial charge >= 0.3 is 11.9 Å². The van der Waals surface area contributed by atoms with E-state index in [2.05, 4.69) is 30.0 Å². The van der Waals surface area contributed by atoms with Gasteiger partial charge in [0.25, 0.3) is 0 Å². The first-order chi connectivity index (χ1) is 17.6. The molecule has 4 rings (SSSR count). The number of carboxylic acid groups (broad SMARTS) is 2. The zero-order chi connectivity index (χ0) is 27.1. The van der Waals surface area contributed by atoms with Gasteiger partial charge in [0.15, 0.2) is 5.78 Å². The third kappa shape index (κ3) is 7.33. The molecule has 0 aliphatic carbocycles. The van der Waals surface area contributed by atoms with Gasteiger partial charge in [-0.15, -0.1) is 0 Å². The van der Waals surface area contributed by atoms with E-state index < -0.39 is 11.9 Å². The first-order valence-electron chi connectivity index (χ1n) is 12.1. The van der Waals surface area contributed by atoms with Gasteiger partial charge in [-0.1, -0.05) is 17.7 Å². The number of ketones is 1. The van der Waals surface area contributed by atoms with Gasteiger partial charge in [-0.2, -0.15) is 0 Å². The van der Waals surface area contributed by atoms with Crippen LogP contribution in [0.15, 0.2) is 54.6 Å². The summed E-state index contributed by atoms with van der Waals surface area (Å²) in [7, 11) is 0. The average molecular weight is 511 g/mol. The highest BCUT2D eigenvalue weighted by Crippen LogP contribution is 2.45. The maximum Gasteiger partial charge on any atom is 0.328 e. The average Bonchev–Trinajstić information content (AvgIpc) is 3.16. The third-order valence-corrected chi connectivity index (χ3v) is 6.59. The van der Waals surface area contributed by atoms with Crippen LogP contribution in [0.1, 0.15) is 53.6 Å². The van der Waals surface area contributed by atoms with Crippen LogP contribution < -0.4 is 4.90 Å². The normalized spacial score (nSPS) is 18.5. The van der Waals surface area contributed by atoms with Crippen LogP contribution in [-0.2, 0) is 14.4 Å². The molecule has 2 aromatic carbocycles. The Hall–Kier alpha value is -3.85. The van der Waals surface area contributed by atoms with Crippen molar-refractivity contribution in [2.75, 3.05) is 24.5 Å². The molecule has 1 fully saturated rings. The van der Waals surface area contributed by atoms with Crippen molar-refractivity contribution in [3.8, 4) is 0 Å². The molecule has 0 unspecified atom stereocenters. The van der Waals surface area contributed by atoms with E-state index >= 15 is 0 Å². The van der Waals surface area contributed by atoms with Crippen LogP contribution in [0, 0.1) is 12.7 Å². The molecule has 2 aromatic rings. The maximum atomic E-state index is 13.0. The number of likely N-dealkylation sites (tertiary alicyclic amines) is 1. The number of hydrogen-bond acceptors (Lipinski definition) is 5. The quantitative estimate of drug-likeness (QED) is 0.427. The fourth-order valence-electron chi connectivity index (χ4n) is 4.98. The van der Waals surface area contributed by atoms with Crippen molar-refractivity contribution in [1.82, 2.24) is 4.90 Å². The van der Waals surface area contributed by atoms with Crippen LogP contribution in [0.3, 0.4) is 0 Å². The van der Waals surface area contributed by atoms with Gasteiger partial charge < -0.3 is 20.0 Å². The summed E-state index contributed by atoms with van der Waals surface area (Å²) in [5.41, 5.74) is 4.13. The molecule has 1 amide bonds. The van der Waals surface area contributed by atoms with Crippen molar-refractivity contribution < 1.29 is 33.8 Å². The monoisotopic (exact) mass is 510 g/mol. The summed E-state index contributed by atoms with van der Waals surface area (Å²) < 4.78 is 13.0. The summed E-state index contributed by atoms with van der Waals surface area (Å²) in [5, 5.41) is 15.6. The molecule has 0 saturated carbocycles. The van der Waals surface area contributed by atoms with E-state index in [4.69, 9.17) is 10.2 Å². The van der Waals surface area contributed by atoms with E-state index in [0.717, 1.165) is 38.2 Å². The van der Waals surface area contributed by atoms with Gasteiger partial charge in [0.05, 0.1) is 0 Å². The number of aliphatic carboxylic acids is 2. The van der Waals surface area contributed by atoms with E-state index in [1.54, 1.807) is 19.1 Å². The maximum absolute atomic E-state index is 13.0. The first-order valence-corrected chi connectivity index (χ1v) is 12.1. The summed E-state index contributed by atoms with van der Waals surface area (Å²) in [6.45, 7) is 6.45. The summed E-state index contributed by atoms with van der Waals surface area (Å²) in [5.74, 6) is -2.34. The third-order valence-electron chi connectivity index (χ3n) is 6.59. The molecule has 0 bridgehead atoms. The largest absolute Gasteiger partial charge is 0.478 e. The lowest BCUT2D eigenvalue weighted by Gasteiger charge is -2.38. The second kappa shape index (κ2) is 12.4. The molecule has 2 atom stereocenters. The number of anilines is 1. The molecule has 0 radical (unpaired) electrons. The van der Waals surface area contributed by atoms with Crippen molar-refractivity contribution in [2.45, 2.75) is 45.1 Å². The van der Waals surface area contributed by atoms with Gasteiger partial charge in [-0.05, 0) is 62.2 Å². The smallest absolute Gasteiger partial charge is 0.328 e. The molecular formula is C28H31FN2O6. The number of carboxylic acids is 2. The van der Waals surface area contributed by atoms with Crippen LogP contribution >= 0.6 is 0 Å². The number of benzene rings is 2. The minimum absolute atomic E-state index is 0.0597. The predicted octanol–water partition coefficient (Wildman–Crippen LogP) is 4.03. The van der Waals surface area contributed by atoms with Crippen molar-refractivity contribution >= 4 is 29.3 Å². The highest BCUT2D eigenvalue weighted by molar-refractivity contribution is 5.96. The molecule has 2 N–H and O–H groups in total. The number of nitrogens with zero attached hydrogens (tertiary/aromatic N) is 2. The van der Waals surface area contributed by atoms with Gasteiger partial charge in [0, 0.05) is 61.8 Å². The Morgan fingerprint density at radius 3 is 2.27 bits per heavy atom. The van der Waals surface area contributed by atoms with E-state index in [1.807, 2.05) is 4.90 Å². The number of carbonyl (C=O) groups excluding carboxylic acids is 2. The standard InChI is InChI=1S/C24H27FN2O2.C4H4O4/c1-16-5-10-22-20(14-16)21-15-26(13-11-23(21)27(22)17(2)28)12-3-4-24(29)18-6-8-19(25)9-7-18;5-3(6)1-2-4(7)8/h5-10,14,21,23H,3-4,11-13,15H2,1-2H3;1-2H,(H,5,6)(H,7,8)/b;2-1-/t21-,23-;/m1./s1. The summed E-state index contributed by atoms with van der Waals surface area (Å²) in [4.78, 5) is 48.1. The number of Topliss-reactive ketones (excluding diaryl/α,β-unsaturated/α-hetero) is 1. The van der Waals surface area contributed by atoms with Crippen molar-refractivity contribution in [2.24, 2.45) is 0 Å². The molecule has 0 spiro atoms. The molecule has 0 aromatic heterocycles. The summed E-state index contributed by atoms with van der Waals surface area (Å²) >= 11 is 0. The van der Waals surface area contributed by atoms with E-state index in [9.17, 15) is 23.6 Å². The number of piperidine rings is 1. The van der Waals surface area contributed by atoms with Crippen LogP contribution in [-0.4, -0.2) is 64.4 Å². The highest BCUT2D eigenvalue weighted by atomic mass is 19.1. The molecular weight excluding hydrogens is 479 g/mol. The van der Waals surface area contributed by atoms with Crippen LogP contribution in [0.4, 0.5) is 10.1 Å². The van der Waals surface area contributed by atoms with Gasteiger partial charge in [-0.3, -0.25) is 9.59 Å². The van der Waals surface area contributed by atoms with E-state index in [1.165, 1.54) is 23.3 Å². The molecule has 37 heavy (non-hydrogen) atoms. The van der Waals surface area contributed by atoms with Crippen molar-refractivity contribution in [1.29, 1.82) is 0 Å². The number of fused-ring (bicyclic) bond motifs is 3. The topological polar surface area (TPSA) is 115 Å². The molecule has 9 heteroatoms. The molecule has 2 aliphatic rings. The molecule has 196 valence electrons. The Morgan fingerprint density at radius 2 is 1.68 bits per heavy atom. The van der Waals surface area contributed by atoms with Gasteiger partial charge in [0.1, 0.15) is 5.82 Å². The number of amides is 1. The summed E-state index contributed by atoms with van der Waals surface area (Å²) in [6.07, 6.45) is 3.31. The minimum atomic E-state index is -1.26. The summed E-state index contributed by atoms with van der Waals surface area (Å²) in [6, 6.07) is 12.4. The fraction of sp³-hybridized carbons (Fsp3) is 0.357. The second-order valence-corrected chi connectivity index (χ2v) is 9.26. The Labute approximate surface area is 215 Å². The Morgan fingerprint density at radius 1 is 1.03 bits per heavy atom. The Kier molecular flexibility index (Phi) is 9.30. The van der Waals surface area contributed by atoms with E-state index in [0.29, 0.717) is 30.1 Å². The van der Waals surface area contributed by atoms with Crippen LogP contribution in [0.2, 0.25) is 0 Å². The molecule has 2 aliphatic heterocycles. The van der Waals surface area contributed by atoms with Crippen molar-refractivity contribution in [3.05, 3.63) is 77.1 Å². The van der Waals surface area contributed by atoms with Crippen molar-refractivity contribution in [3.63, 3.8) is 0 Å². The van der Waals surface area contributed by atoms with Gasteiger partial charge in [-0.25, -0.2) is 14.0 Å². The number of carbonyl (C=O) groups is 4. The Bertz CT molecular complexity index is 1180. The SMILES string of the molecule is CC(=O)N1c2ccc(C)cc2[C@H]2CN(CCCC(=O)c3ccc(F)cc3)CC[C@H]21.O=C(O)/C=C\C(=O)O. The highest BCUT2D eigenvalue weighted by Gasteiger charge is 2.43. The number of hydrogen-bond donors (Lipinski definition) is 2. The van der Waals surface area contributed by atoms with Crippen LogP contribution in [0.5, 0.6) is 0 Å². The second-order valence-electron chi connectivity index (χ2n) is 9.26. The number of aryl methyl sites for hydroxylation is 1. The zero-order valence-corrected chi connectivity index (χ0v) is 20.9. The molecule has 1 saturated heterocycles. The Balaban J connectivity index is 0.000000414. The van der Waals surface area contributed by atoms with Crippen LogP contribution in [0.25, 0.3) is 0 Å². The predicted molar refractivity (Wildman–Crippen MR) is 136 cm³/mol. The molecule has 8 nitrogen and oxygen atoms in total. The number of rotatable bonds is 7. The fourth-order valence-corrected chi connectivity index (χ4v) is 4.98. The molecule has 2 heterocycles. The van der Waals surface area contributed by atoms with E-state index in [-0.39, 0.29) is 23.5 Å².